The van der Waals surface area contributed by atoms with Crippen molar-refractivity contribution in [3.8, 4) is 6.07 Å². The molecule has 0 atom stereocenters. The molecule has 0 unspecified atom stereocenters. The molecule has 2 aromatic rings. The third-order valence-electron chi connectivity index (χ3n) is 2.48. The molecule has 2 rings (SSSR count). The Hall–Kier alpha value is -3.02. The molecule has 0 aromatic carbocycles. The molecule has 0 saturated carbocycles. The summed E-state index contributed by atoms with van der Waals surface area (Å²) in [4.78, 5) is 18.0. The Labute approximate surface area is 114 Å². The number of nitriles is 1. The summed E-state index contributed by atoms with van der Waals surface area (Å²) in [5.74, 6) is 1.09. The number of aryl methyl sites for hydroxylation is 1. The van der Waals surface area contributed by atoms with Gasteiger partial charge in [0, 0.05) is 26.1 Å². The first-order valence-corrected chi connectivity index (χ1v) is 5.74. The van der Waals surface area contributed by atoms with E-state index in [1.165, 1.54) is 12.1 Å². The third kappa shape index (κ3) is 3.05. The Morgan fingerprint density at radius 2 is 2.35 bits per heavy atom. The van der Waals surface area contributed by atoms with Crippen molar-refractivity contribution >= 4 is 11.5 Å². The number of nitrogens with one attached hydrogen (secondary N) is 1. The molecule has 0 radical (unpaired) electrons. The minimum Gasteiger partial charge on any atom is -0.370 e. The van der Waals surface area contributed by atoms with Gasteiger partial charge in [-0.25, -0.2) is 9.97 Å². The Kier molecular flexibility index (Phi) is 3.85. The van der Waals surface area contributed by atoms with Crippen LogP contribution >= 0.6 is 0 Å². The highest BCUT2D eigenvalue weighted by molar-refractivity contribution is 5.50. The molecule has 2 heterocycles. The molecular formula is C11H11N7O2. The first-order valence-electron chi connectivity index (χ1n) is 5.74. The maximum absolute atomic E-state index is 10.7. The van der Waals surface area contributed by atoms with E-state index in [9.17, 15) is 10.1 Å². The lowest BCUT2D eigenvalue weighted by molar-refractivity contribution is -0.385. The van der Waals surface area contributed by atoms with Crippen LogP contribution in [0.2, 0.25) is 0 Å². The summed E-state index contributed by atoms with van der Waals surface area (Å²) in [6.07, 6.45) is 2.19. The van der Waals surface area contributed by atoms with Gasteiger partial charge in [0.05, 0.1) is 4.92 Å². The monoisotopic (exact) mass is 273 g/mol. The van der Waals surface area contributed by atoms with Crippen molar-refractivity contribution in [2.75, 3.05) is 11.9 Å². The van der Waals surface area contributed by atoms with Crippen LogP contribution in [0.5, 0.6) is 0 Å². The highest BCUT2D eigenvalue weighted by Crippen LogP contribution is 2.17. The topological polar surface area (TPSA) is 123 Å². The van der Waals surface area contributed by atoms with E-state index in [2.05, 4.69) is 20.4 Å². The number of hydrogen-bond donors (Lipinski definition) is 1. The van der Waals surface area contributed by atoms with Crippen LogP contribution in [-0.4, -0.2) is 31.2 Å². The second-order valence-electron chi connectivity index (χ2n) is 3.94. The van der Waals surface area contributed by atoms with Crippen molar-refractivity contribution in [1.82, 2.24) is 19.7 Å². The highest BCUT2D eigenvalue weighted by Gasteiger charge is 2.15. The van der Waals surface area contributed by atoms with Crippen molar-refractivity contribution in [1.29, 1.82) is 5.26 Å². The molecular weight excluding hydrogens is 262 g/mol. The van der Waals surface area contributed by atoms with Crippen molar-refractivity contribution < 1.29 is 4.92 Å². The van der Waals surface area contributed by atoms with Gasteiger partial charge in [-0.3, -0.25) is 14.8 Å². The van der Waals surface area contributed by atoms with Crippen LogP contribution in [0.25, 0.3) is 0 Å². The molecule has 0 amide bonds. The van der Waals surface area contributed by atoms with Crippen molar-refractivity contribution in [2.24, 2.45) is 7.05 Å². The fourth-order valence-corrected chi connectivity index (χ4v) is 1.58. The van der Waals surface area contributed by atoms with Gasteiger partial charge in [-0.1, -0.05) is 0 Å². The predicted octanol–water partition coefficient (Wildman–Crippen LogP) is 0.645. The quantitative estimate of drug-likeness (QED) is 0.626. The zero-order chi connectivity index (χ0) is 14.5. The predicted molar refractivity (Wildman–Crippen MR) is 68.8 cm³/mol. The minimum atomic E-state index is -0.632. The molecule has 0 aliphatic heterocycles. The molecule has 0 spiro atoms. The molecule has 2 aromatic heterocycles. The van der Waals surface area contributed by atoms with E-state index in [1.54, 1.807) is 24.1 Å². The zero-order valence-corrected chi connectivity index (χ0v) is 10.6. The summed E-state index contributed by atoms with van der Waals surface area (Å²) in [5, 5.41) is 26.6. The van der Waals surface area contributed by atoms with Crippen molar-refractivity contribution in [2.45, 2.75) is 6.42 Å². The number of aromatic nitrogens is 4. The van der Waals surface area contributed by atoms with Gasteiger partial charge in [0.25, 0.3) is 0 Å². The molecule has 20 heavy (non-hydrogen) atoms. The summed E-state index contributed by atoms with van der Waals surface area (Å²) in [6.45, 7) is 0.514. The summed E-state index contributed by atoms with van der Waals surface area (Å²) in [7, 11) is 1.78. The van der Waals surface area contributed by atoms with E-state index in [1.807, 2.05) is 0 Å². The third-order valence-corrected chi connectivity index (χ3v) is 2.48. The Bertz CT molecular complexity index is 674. The number of hydrogen-bond acceptors (Lipinski definition) is 7. The molecule has 9 nitrogen and oxygen atoms in total. The SMILES string of the molecule is Cn1cnc(CCNc2ccc([N+](=O)[O-])c(C#N)n2)n1. The van der Waals surface area contributed by atoms with Crippen molar-refractivity contribution in [3.63, 3.8) is 0 Å². The number of nitrogens with zero attached hydrogens (tertiary/aromatic N) is 6. The van der Waals surface area contributed by atoms with E-state index in [0.717, 1.165) is 0 Å². The van der Waals surface area contributed by atoms with Crippen LogP contribution in [0.15, 0.2) is 18.5 Å². The van der Waals surface area contributed by atoms with Gasteiger partial charge in [-0.15, -0.1) is 0 Å². The molecule has 0 aliphatic rings. The normalized spacial score (nSPS) is 10.0. The van der Waals surface area contributed by atoms with E-state index >= 15 is 0 Å². The Morgan fingerprint density at radius 3 is 2.95 bits per heavy atom. The van der Waals surface area contributed by atoms with Gasteiger partial charge < -0.3 is 5.32 Å². The van der Waals surface area contributed by atoms with Gasteiger partial charge >= 0.3 is 5.69 Å². The van der Waals surface area contributed by atoms with Crippen LogP contribution in [-0.2, 0) is 13.5 Å². The van der Waals surface area contributed by atoms with Gasteiger partial charge in [-0.05, 0) is 6.07 Å². The highest BCUT2D eigenvalue weighted by atomic mass is 16.6. The lowest BCUT2D eigenvalue weighted by Crippen LogP contribution is -2.08. The molecule has 0 fully saturated rings. The largest absolute Gasteiger partial charge is 0.370 e. The van der Waals surface area contributed by atoms with E-state index in [-0.39, 0.29) is 11.4 Å². The van der Waals surface area contributed by atoms with Crippen LogP contribution in [0, 0.1) is 21.4 Å². The molecule has 0 aliphatic carbocycles. The molecule has 9 heteroatoms. The smallest absolute Gasteiger partial charge is 0.305 e. The van der Waals surface area contributed by atoms with Gasteiger partial charge in [0.1, 0.15) is 18.2 Å². The summed E-state index contributed by atoms with van der Waals surface area (Å²) in [5.41, 5.74) is -0.514. The maximum Gasteiger partial charge on any atom is 0.305 e. The molecule has 1 N–H and O–H groups in total. The lowest BCUT2D eigenvalue weighted by atomic mass is 10.3. The summed E-state index contributed by atoms with van der Waals surface area (Å²) >= 11 is 0. The Balaban J connectivity index is 2.00. The number of nitro groups is 1. The second-order valence-corrected chi connectivity index (χ2v) is 3.94. The average molecular weight is 273 g/mol. The van der Waals surface area contributed by atoms with Gasteiger partial charge in [0.15, 0.2) is 5.82 Å². The van der Waals surface area contributed by atoms with Gasteiger partial charge in [0.2, 0.25) is 5.69 Å². The first-order chi connectivity index (χ1) is 9.60. The molecule has 0 saturated heterocycles. The zero-order valence-electron chi connectivity index (χ0n) is 10.6. The minimum absolute atomic E-state index is 0.212. The van der Waals surface area contributed by atoms with Crippen LogP contribution in [0.1, 0.15) is 11.5 Å². The van der Waals surface area contributed by atoms with E-state index < -0.39 is 4.92 Å². The standard InChI is InChI=1S/C11H11N7O2/c1-17-7-14-11(16-17)4-5-13-10-3-2-9(18(19)20)8(6-12)15-10/h2-3,7H,4-5H2,1H3,(H,13,15). The van der Waals surface area contributed by atoms with Crippen LogP contribution < -0.4 is 5.32 Å². The summed E-state index contributed by atoms with van der Waals surface area (Å²) < 4.78 is 1.60. The molecule has 0 bridgehead atoms. The van der Waals surface area contributed by atoms with E-state index in [0.29, 0.717) is 24.6 Å². The van der Waals surface area contributed by atoms with E-state index in [4.69, 9.17) is 5.26 Å². The first kappa shape index (κ1) is 13.4. The second kappa shape index (κ2) is 5.75. The number of anilines is 1. The Morgan fingerprint density at radius 1 is 1.55 bits per heavy atom. The average Bonchev–Trinajstić information content (AvgIpc) is 2.84. The maximum atomic E-state index is 10.7. The molecule has 102 valence electrons. The van der Waals surface area contributed by atoms with Crippen LogP contribution in [0.4, 0.5) is 11.5 Å². The lowest BCUT2D eigenvalue weighted by Gasteiger charge is -2.04. The number of rotatable bonds is 5. The van der Waals surface area contributed by atoms with Crippen LogP contribution in [0.3, 0.4) is 0 Å². The fraction of sp³-hybridized carbons (Fsp3) is 0.273. The fourth-order valence-electron chi connectivity index (χ4n) is 1.58. The van der Waals surface area contributed by atoms with Gasteiger partial charge in [-0.2, -0.15) is 10.4 Å². The van der Waals surface area contributed by atoms with Crippen molar-refractivity contribution in [3.05, 3.63) is 40.1 Å². The number of pyridine rings is 1. The summed E-state index contributed by atoms with van der Waals surface area (Å²) in [6, 6.07) is 4.43.